The van der Waals surface area contributed by atoms with E-state index in [-0.39, 0.29) is 6.61 Å². The van der Waals surface area contributed by atoms with E-state index >= 15 is 0 Å². The average Bonchev–Trinajstić information content (AvgIpc) is 2.32. The molecule has 0 amide bonds. The van der Waals surface area contributed by atoms with Crippen LogP contribution in [0.1, 0.15) is 11.1 Å². The fraction of sp³-hybridized carbons (Fsp3) is 0.143. The number of rotatable bonds is 3. The van der Waals surface area contributed by atoms with Crippen LogP contribution >= 0.6 is 23.4 Å². The third kappa shape index (κ3) is 3.25. The van der Waals surface area contributed by atoms with Crippen LogP contribution in [0.3, 0.4) is 0 Å². The van der Waals surface area contributed by atoms with E-state index in [1.165, 1.54) is 4.90 Å². The molecule has 2 aromatic rings. The van der Waals surface area contributed by atoms with Gasteiger partial charge in [0.2, 0.25) is 0 Å². The molecule has 0 heterocycles. The molecule has 0 aromatic heterocycles. The summed E-state index contributed by atoms with van der Waals surface area (Å²) in [4.78, 5) is 2.33. The molecule has 0 radical (unpaired) electrons. The maximum Gasteiger partial charge on any atom is 0.0684 e. The molecule has 0 aliphatic carbocycles. The lowest BCUT2D eigenvalue weighted by molar-refractivity contribution is 0.281. The summed E-state index contributed by atoms with van der Waals surface area (Å²) in [6.45, 7) is 2.11. The summed E-state index contributed by atoms with van der Waals surface area (Å²) in [7, 11) is 0. The minimum absolute atomic E-state index is 0.0950. The van der Waals surface area contributed by atoms with Gasteiger partial charge in [-0.3, -0.25) is 0 Å². The van der Waals surface area contributed by atoms with E-state index in [0.29, 0.717) is 0 Å². The van der Waals surface area contributed by atoms with Crippen molar-refractivity contribution < 1.29 is 5.11 Å². The van der Waals surface area contributed by atoms with Crippen LogP contribution in [0.25, 0.3) is 0 Å². The summed E-state index contributed by atoms with van der Waals surface area (Å²) in [5, 5.41) is 9.86. The molecule has 1 N–H and O–H groups in total. The van der Waals surface area contributed by atoms with Crippen LogP contribution in [0.2, 0.25) is 5.02 Å². The molecule has 0 aliphatic rings. The number of aliphatic hydroxyl groups excluding tert-OH is 1. The first-order chi connectivity index (χ1) is 8.19. The highest BCUT2D eigenvalue weighted by Gasteiger charge is 2.01. The SMILES string of the molecule is Cc1cc(Sc2ccc(Cl)cc2)ccc1CO. The monoisotopic (exact) mass is 264 g/mol. The first-order valence-corrected chi connectivity index (χ1v) is 6.52. The van der Waals surface area contributed by atoms with Gasteiger partial charge in [0, 0.05) is 14.8 Å². The topological polar surface area (TPSA) is 20.2 Å². The van der Waals surface area contributed by atoms with Crippen molar-refractivity contribution in [2.24, 2.45) is 0 Å². The zero-order chi connectivity index (χ0) is 12.3. The van der Waals surface area contributed by atoms with Crippen molar-refractivity contribution in [2.75, 3.05) is 0 Å². The van der Waals surface area contributed by atoms with E-state index in [0.717, 1.165) is 21.0 Å². The molecule has 0 bridgehead atoms. The van der Waals surface area contributed by atoms with E-state index in [1.807, 2.05) is 43.3 Å². The second-order valence-electron chi connectivity index (χ2n) is 3.80. The van der Waals surface area contributed by atoms with Crippen LogP contribution in [0.5, 0.6) is 0 Å². The summed E-state index contributed by atoms with van der Waals surface area (Å²) in [5.41, 5.74) is 2.09. The molecule has 1 nitrogen and oxygen atoms in total. The van der Waals surface area contributed by atoms with Crippen molar-refractivity contribution in [1.82, 2.24) is 0 Å². The second kappa shape index (κ2) is 5.58. The maximum absolute atomic E-state index is 9.11. The summed E-state index contributed by atoms with van der Waals surface area (Å²) in [6, 6.07) is 13.9. The Bertz CT molecular complexity index is 508. The Morgan fingerprint density at radius 3 is 2.29 bits per heavy atom. The molecular formula is C14H13ClOS. The van der Waals surface area contributed by atoms with Gasteiger partial charge in [-0.25, -0.2) is 0 Å². The lowest BCUT2D eigenvalue weighted by Gasteiger charge is -2.06. The van der Waals surface area contributed by atoms with Crippen LogP contribution in [0.4, 0.5) is 0 Å². The van der Waals surface area contributed by atoms with Gasteiger partial charge in [-0.1, -0.05) is 29.4 Å². The molecular weight excluding hydrogens is 252 g/mol. The second-order valence-corrected chi connectivity index (χ2v) is 5.39. The largest absolute Gasteiger partial charge is 0.392 e. The van der Waals surface area contributed by atoms with Gasteiger partial charge in [-0.15, -0.1) is 0 Å². The minimum atomic E-state index is 0.0950. The summed E-state index contributed by atoms with van der Waals surface area (Å²) in [6.07, 6.45) is 0. The lowest BCUT2D eigenvalue weighted by atomic mass is 10.1. The van der Waals surface area contributed by atoms with Gasteiger partial charge in [-0.05, 0) is 54.4 Å². The molecule has 0 unspecified atom stereocenters. The number of hydrogen-bond acceptors (Lipinski definition) is 2. The van der Waals surface area contributed by atoms with Gasteiger partial charge in [-0.2, -0.15) is 0 Å². The first-order valence-electron chi connectivity index (χ1n) is 5.33. The number of aryl methyl sites for hydroxylation is 1. The third-order valence-electron chi connectivity index (χ3n) is 2.53. The third-order valence-corrected chi connectivity index (χ3v) is 3.78. The highest BCUT2D eigenvalue weighted by Crippen LogP contribution is 2.29. The Hall–Kier alpha value is -0.960. The van der Waals surface area contributed by atoms with Crippen molar-refractivity contribution in [2.45, 2.75) is 23.3 Å². The zero-order valence-electron chi connectivity index (χ0n) is 9.48. The first kappa shape index (κ1) is 12.5. The van der Waals surface area contributed by atoms with Crippen molar-refractivity contribution in [3.63, 3.8) is 0 Å². The van der Waals surface area contributed by atoms with Crippen molar-refractivity contribution in [3.05, 3.63) is 58.6 Å². The number of hydrogen-bond donors (Lipinski definition) is 1. The lowest BCUT2D eigenvalue weighted by Crippen LogP contribution is -1.88. The molecule has 0 spiro atoms. The van der Waals surface area contributed by atoms with Gasteiger partial charge < -0.3 is 5.11 Å². The molecule has 0 saturated carbocycles. The number of halogens is 1. The zero-order valence-corrected chi connectivity index (χ0v) is 11.1. The smallest absolute Gasteiger partial charge is 0.0684 e. The molecule has 17 heavy (non-hydrogen) atoms. The predicted molar refractivity (Wildman–Crippen MR) is 72.7 cm³/mol. The van der Waals surface area contributed by atoms with Crippen molar-refractivity contribution >= 4 is 23.4 Å². The highest BCUT2D eigenvalue weighted by molar-refractivity contribution is 7.99. The van der Waals surface area contributed by atoms with E-state index in [2.05, 4.69) is 6.07 Å². The Morgan fingerprint density at radius 1 is 1.06 bits per heavy atom. The fourth-order valence-corrected chi connectivity index (χ4v) is 2.59. The quantitative estimate of drug-likeness (QED) is 0.892. The highest BCUT2D eigenvalue weighted by atomic mass is 35.5. The van der Waals surface area contributed by atoms with Crippen LogP contribution in [-0.2, 0) is 6.61 Å². The van der Waals surface area contributed by atoms with Crippen LogP contribution in [-0.4, -0.2) is 5.11 Å². The molecule has 0 aliphatic heterocycles. The Balaban J connectivity index is 2.19. The molecule has 0 saturated heterocycles. The Morgan fingerprint density at radius 2 is 1.71 bits per heavy atom. The summed E-state index contributed by atoms with van der Waals surface area (Å²) < 4.78 is 0. The molecule has 0 atom stereocenters. The summed E-state index contributed by atoms with van der Waals surface area (Å²) >= 11 is 7.53. The van der Waals surface area contributed by atoms with E-state index < -0.39 is 0 Å². The molecule has 88 valence electrons. The maximum atomic E-state index is 9.11. The number of benzene rings is 2. The van der Waals surface area contributed by atoms with Gasteiger partial charge in [0.25, 0.3) is 0 Å². The molecule has 3 heteroatoms. The van der Waals surface area contributed by atoms with Crippen LogP contribution < -0.4 is 0 Å². The van der Waals surface area contributed by atoms with Gasteiger partial charge in [0.1, 0.15) is 0 Å². The Kier molecular flexibility index (Phi) is 4.11. The molecule has 2 aromatic carbocycles. The average molecular weight is 265 g/mol. The minimum Gasteiger partial charge on any atom is -0.392 e. The van der Waals surface area contributed by atoms with Gasteiger partial charge >= 0.3 is 0 Å². The van der Waals surface area contributed by atoms with Crippen LogP contribution in [0.15, 0.2) is 52.3 Å². The predicted octanol–water partition coefficient (Wildman–Crippen LogP) is 4.29. The summed E-state index contributed by atoms with van der Waals surface area (Å²) in [5.74, 6) is 0. The number of aliphatic hydroxyl groups is 1. The standard InChI is InChI=1S/C14H13ClOS/c1-10-8-14(5-2-11(10)9-16)17-13-6-3-12(15)4-7-13/h2-8,16H,9H2,1H3. The fourth-order valence-electron chi connectivity index (χ4n) is 1.55. The van der Waals surface area contributed by atoms with E-state index in [4.69, 9.17) is 16.7 Å². The van der Waals surface area contributed by atoms with Crippen LogP contribution in [0, 0.1) is 6.92 Å². The Labute approximate surface area is 110 Å². The van der Waals surface area contributed by atoms with Crippen molar-refractivity contribution in [1.29, 1.82) is 0 Å². The normalized spacial score (nSPS) is 10.5. The van der Waals surface area contributed by atoms with Gasteiger partial charge in [0.15, 0.2) is 0 Å². The van der Waals surface area contributed by atoms with Gasteiger partial charge in [0.05, 0.1) is 6.61 Å². The molecule has 0 fully saturated rings. The van der Waals surface area contributed by atoms with Crippen molar-refractivity contribution in [3.8, 4) is 0 Å². The van der Waals surface area contributed by atoms with E-state index in [1.54, 1.807) is 11.8 Å². The van der Waals surface area contributed by atoms with E-state index in [9.17, 15) is 0 Å². The molecule has 2 rings (SSSR count).